The molecule has 5 nitrogen and oxygen atoms in total. The van der Waals surface area contributed by atoms with Crippen LogP contribution < -0.4 is 0 Å². The fourth-order valence-corrected chi connectivity index (χ4v) is 3.99. The Kier molecular flexibility index (Phi) is 5.89. The van der Waals surface area contributed by atoms with Gasteiger partial charge in [0.1, 0.15) is 0 Å². The Morgan fingerprint density at radius 2 is 2.45 bits per heavy atom. The molecule has 0 amide bonds. The van der Waals surface area contributed by atoms with Crippen LogP contribution in [0.5, 0.6) is 0 Å². The summed E-state index contributed by atoms with van der Waals surface area (Å²) in [6.45, 7) is 5.20. The van der Waals surface area contributed by atoms with Crippen molar-refractivity contribution in [1.82, 2.24) is 14.8 Å². The minimum atomic E-state index is 0.279. The first-order valence-electron chi connectivity index (χ1n) is 7.67. The minimum Gasteiger partial charge on any atom is -0.381 e. The maximum absolute atomic E-state index is 5.79. The van der Waals surface area contributed by atoms with Gasteiger partial charge in [-0.3, -0.25) is 4.57 Å². The van der Waals surface area contributed by atoms with E-state index in [9.17, 15) is 0 Å². The van der Waals surface area contributed by atoms with Gasteiger partial charge in [-0.2, -0.15) is 0 Å². The zero-order valence-electron chi connectivity index (χ0n) is 12.7. The highest BCUT2D eigenvalue weighted by Gasteiger charge is 2.22. The molecular formula is C15H21N3O2S2. The second-order valence-electron chi connectivity index (χ2n) is 5.07. The average molecular weight is 339 g/mol. The fourth-order valence-electron chi connectivity index (χ4n) is 2.48. The van der Waals surface area contributed by atoms with E-state index in [0.717, 1.165) is 60.8 Å². The Morgan fingerprint density at radius 3 is 3.18 bits per heavy atom. The molecule has 0 aliphatic carbocycles. The SMILES string of the molecule is CCOCCSc1nnc(-c2cccs2)n1CC1CCCO1. The van der Waals surface area contributed by atoms with Crippen LogP contribution in [0.1, 0.15) is 19.8 Å². The molecule has 1 saturated heterocycles. The van der Waals surface area contributed by atoms with E-state index in [1.807, 2.05) is 13.0 Å². The van der Waals surface area contributed by atoms with Crippen molar-refractivity contribution in [1.29, 1.82) is 0 Å². The van der Waals surface area contributed by atoms with Crippen LogP contribution >= 0.6 is 23.1 Å². The van der Waals surface area contributed by atoms with Crippen LogP contribution in [0.3, 0.4) is 0 Å². The highest BCUT2D eigenvalue weighted by atomic mass is 32.2. The molecule has 120 valence electrons. The number of thioether (sulfide) groups is 1. The minimum absolute atomic E-state index is 0.279. The van der Waals surface area contributed by atoms with Crippen molar-refractivity contribution in [3.8, 4) is 10.7 Å². The van der Waals surface area contributed by atoms with Crippen LogP contribution in [-0.4, -0.2) is 46.4 Å². The number of nitrogens with zero attached hydrogens (tertiary/aromatic N) is 3. The second-order valence-corrected chi connectivity index (χ2v) is 7.08. The molecule has 1 unspecified atom stereocenters. The molecule has 0 spiro atoms. The van der Waals surface area contributed by atoms with Crippen LogP contribution in [0.4, 0.5) is 0 Å². The molecule has 7 heteroatoms. The number of thiophene rings is 1. The lowest BCUT2D eigenvalue weighted by Gasteiger charge is -2.14. The molecule has 3 rings (SSSR count). The lowest BCUT2D eigenvalue weighted by Crippen LogP contribution is -2.16. The van der Waals surface area contributed by atoms with Gasteiger partial charge in [0.05, 0.1) is 24.1 Å². The Morgan fingerprint density at radius 1 is 1.50 bits per heavy atom. The lowest BCUT2D eigenvalue weighted by molar-refractivity contribution is 0.0953. The van der Waals surface area contributed by atoms with Crippen molar-refractivity contribution in [2.75, 3.05) is 25.6 Å². The third-order valence-corrected chi connectivity index (χ3v) is 5.33. The van der Waals surface area contributed by atoms with Gasteiger partial charge in [-0.1, -0.05) is 17.8 Å². The van der Waals surface area contributed by atoms with Crippen molar-refractivity contribution in [3.05, 3.63) is 17.5 Å². The van der Waals surface area contributed by atoms with Crippen molar-refractivity contribution in [2.45, 2.75) is 37.6 Å². The smallest absolute Gasteiger partial charge is 0.191 e. The number of rotatable bonds is 8. The van der Waals surface area contributed by atoms with E-state index in [0.29, 0.717) is 0 Å². The highest BCUT2D eigenvalue weighted by Crippen LogP contribution is 2.28. The molecule has 1 fully saturated rings. The first-order chi connectivity index (χ1) is 10.9. The summed E-state index contributed by atoms with van der Waals surface area (Å²) >= 11 is 3.40. The third-order valence-electron chi connectivity index (χ3n) is 3.53. The van der Waals surface area contributed by atoms with Gasteiger partial charge in [0.15, 0.2) is 11.0 Å². The zero-order chi connectivity index (χ0) is 15.2. The number of hydrogen-bond acceptors (Lipinski definition) is 6. The quantitative estimate of drug-likeness (QED) is 0.545. The predicted octanol–water partition coefficient (Wildman–Crippen LogP) is 3.31. The molecule has 0 aromatic carbocycles. The standard InChI is InChI=1S/C15H21N3O2S2/c1-2-19-8-10-22-15-17-16-14(13-6-4-9-21-13)18(15)11-12-5-3-7-20-12/h4,6,9,12H,2-3,5,7-8,10-11H2,1H3. The zero-order valence-corrected chi connectivity index (χ0v) is 14.4. The first kappa shape index (κ1) is 16.0. The third kappa shape index (κ3) is 3.90. The Bertz CT molecular complexity index is 565. The van der Waals surface area contributed by atoms with Crippen molar-refractivity contribution < 1.29 is 9.47 Å². The van der Waals surface area contributed by atoms with Crippen LogP contribution in [0.15, 0.2) is 22.7 Å². The van der Waals surface area contributed by atoms with E-state index in [-0.39, 0.29) is 6.10 Å². The molecule has 3 heterocycles. The van der Waals surface area contributed by atoms with Crippen LogP contribution in [0.25, 0.3) is 10.7 Å². The summed E-state index contributed by atoms with van der Waals surface area (Å²) in [7, 11) is 0. The summed E-state index contributed by atoms with van der Waals surface area (Å²) in [5.41, 5.74) is 0. The summed E-state index contributed by atoms with van der Waals surface area (Å²) < 4.78 is 13.4. The molecule has 0 radical (unpaired) electrons. The van der Waals surface area contributed by atoms with E-state index in [1.54, 1.807) is 23.1 Å². The average Bonchev–Trinajstić information content (AvgIpc) is 3.26. The maximum Gasteiger partial charge on any atom is 0.191 e. The van der Waals surface area contributed by atoms with Gasteiger partial charge in [0.2, 0.25) is 0 Å². The van der Waals surface area contributed by atoms with E-state index in [4.69, 9.17) is 9.47 Å². The van der Waals surface area contributed by atoms with Crippen LogP contribution in [0, 0.1) is 0 Å². The summed E-state index contributed by atoms with van der Waals surface area (Å²) in [5.74, 6) is 1.84. The molecule has 0 N–H and O–H groups in total. The summed E-state index contributed by atoms with van der Waals surface area (Å²) in [4.78, 5) is 1.15. The summed E-state index contributed by atoms with van der Waals surface area (Å²) in [5, 5.41) is 11.8. The first-order valence-corrected chi connectivity index (χ1v) is 9.54. The molecule has 22 heavy (non-hydrogen) atoms. The number of aromatic nitrogens is 3. The molecule has 1 aliphatic rings. The molecule has 2 aromatic heterocycles. The number of hydrogen-bond donors (Lipinski definition) is 0. The monoisotopic (exact) mass is 339 g/mol. The summed E-state index contributed by atoms with van der Waals surface area (Å²) in [6, 6.07) is 4.14. The van der Waals surface area contributed by atoms with Crippen LogP contribution in [-0.2, 0) is 16.0 Å². The normalized spacial score (nSPS) is 18.1. The van der Waals surface area contributed by atoms with Gasteiger partial charge in [-0.05, 0) is 31.2 Å². The molecule has 0 saturated carbocycles. The molecule has 0 bridgehead atoms. The lowest BCUT2D eigenvalue weighted by atomic mass is 10.2. The predicted molar refractivity (Wildman–Crippen MR) is 89.5 cm³/mol. The topological polar surface area (TPSA) is 49.2 Å². The number of ether oxygens (including phenoxy) is 2. The van der Waals surface area contributed by atoms with Crippen molar-refractivity contribution >= 4 is 23.1 Å². The van der Waals surface area contributed by atoms with E-state index in [2.05, 4.69) is 26.2 Å². The molecule has 2 aromatic rings. The van der Waals surface area contributed by atoms with Gasteiger partial charge < -0.3 is 9.47 Å². The van der Waals surface area contributed by atoms with Gasteiger partial charge >= 0.3 is 0 Å². The molecule has 1 aliphatic heterocycles. The van der Waals surface area contributed by atoms with Gasteiger partial charge in [0.25, 0.3) is 0 Å². The summed E-state index contributed by atoms with van der Waals surface area (Å²) in [6.07, 6.45) is 2.54. The van der Waals surface area contributed by atoms with Crippen molar-refractivity contribution in [2.24, 2.45) is 0 Å². The Hall–Kier alpha value is -0.890. The Balaban J connectivity index is 1.76. The highest BCUT2D eigenvalue weighted by molar-refractivity contribution is 7.99. The van der Waals surface area contributed by atoms with E-state index >= 15 is 0 Å². The van der Waals surface area contributed by atoms with E-state index in [1.165, 1.54) is 0 Å². The van der Waals surface area contributed by atoms with Gasteiger partial charge in [-0.25, -0.2) is 0 Å². The maximum atomic E-state index is 5.79. The molecule has 1 atom stereocenters. The largest absolute Gasteiger partial charge is 0.381 e. The Labute approximate surface area is 139 Å². The second kappa shape index (κ2) is 8.10. The van der Waals surface area contributed by atoms with E-state index < -0.39 is 0 Å². The van der Waals surface area contributed by atoms with Gasteiger partial charge in [-0.15, -0.1) is 21.5 Å². The molecular weight excluding hydrogens is 318 g/mol. The fraction of sp³-hybridized carbons (Fsp3) is 0.600. The van der Waals surface area contributed by atoms with Gasteiger partial charge in [0, 0.05) is 19.0 Å². The van der Waals surface area contributed by atoms with Crippen LogP contribution in [0.2, 0.25) is 0 Å². The van der Waals surface area contributed by atoms with Crippen molar-refractivity contribution in [3.63, 3.8) is 0 Å².